The third kappa shape index (κ3) is 1.70. The molecule has 2 N–H and O–H groups in total. The van der Waals surface area contributed by atoms with Crippen LogP contribution in [-0.4, -0.2) is 40.2 Å². The molecule has 6 atom stereocenters. The smallest absolute Gasteiger partial charge is 0.0555 e. The summed E-state index contributed by atoms with van der Waals surface area (Å²) in [6.45, 7) is 4.38. The van der Waals surface area contributed by atoms with Gasteiger partial charge in [0, 0.05) is 47.6 Å². The summed E-state index contributed by atoms with van der Waals surface area (Å²) in [4.78, 5) is 6.43. The van der Waals surface area contributed by atoms with Crippen LogP contribution in [-0.2, 0) is 6.42 Å². The highest BCUT2D eigenvalue weighted by molar-refractivity contribution is 5.85. The van der Waals surface area contributed by atoms with Gasteiger partial charge in [0.2, 0.25) is 0 Å². The summed E-state index contributed by atoms with van der Waals surface area (Å²) < 4.78 is 0. The number of benzene rings is 1. The molecule has 0 radical (unpaired) electrons. The summed E-state index contributed by atoms with van der Waals surface area (Å²) in [5, 5.41) is 11.7. The van der Waals surface area contributed by atoms with Crippen molar-refractivity contribution in [2.75, 3.05) is 13.1 Å². The largest absolute Gasteiger partial charge is 0.393 e. The number of fused-ring (bicyclic) bond motifs is 4. The van der Waals surface area contributed by atoms with E-state index in [1.165, 1.54) is 36.0 Å². The normalized spacial score (nSPS) is 37.8. The minimum Gasteiger partial charge on any atom is -0.393 e. The van der Waals surface area contributed by atoms with Crippen LogP contribution in [0.3, 0.4) is 0 Å². The number of hydrogen-bond donors (Lipinski definition) is 2. The molecule has 4 aliphatic rings. The number of rotatable bonds is 1. The molecule has 22 heavy (non-hydrogen) atoms. The second-order valence-corrected chi connectivity index (χ2v) is 7.65. The predicted octanol–water partition coefficient (Wildman–Crippen LogP) is 2.90. The molecule has 3 heteroatoms. The summed E-state index contributed by atoms with van der Waals surface area (Å²) >= 11 is 0. The van der Waals surface area contributed by atoms with Gasteiger partial charge in [0.15, 0.2) is 0 Å². The first-order valence-electron chi connectivity index (χ1n) is 8.74. The van der Waals surface area contributed by atoms with Crippen molar-refractivity contribution in [3.05, 3.63) is 35.5 Å². The molecule has 4 bridgehead atoms. The number of aromatic amines is 1. The fourth-order valence-corrected chi connectivity index (χ4v) is 5.62. The number of aromatic nitrogens is 1. The quantitative estimate of drug-likeness (QED) is 0.849. The van der Waals surface area contributed by atoms with Crippen LogP contribution >= 0.6 is 0 Å². The van der Waals surface area contributed by atoms with Gasteiger partial charge in [-0.2, -0.15) is 0 Å². The molecule has 4 heterocycles. The third-order valence-electron chi connectivity index (χ3n) is 6.44. The average molecular weight is 296 g/mol. The standard InChI is InChI=1S/C19H24N2O/c1-11(22)15-8-12-9-16-18-14(6-7-21(10-12)19(15)16)13-4-2-3-5-17(13)20-18/h2-5,11-12,15-16,19-20,22H,6-10H2,1H3/t11-,12-,15+,16-,19-/m0/s1. The molecule has 3 fully saturated rings. The van der Waals surface area contributed by atoms with E-state index in [1.807, 2.05) is 6.92 Å². The number of nitrogens with one attached hydrogen (secondary N) is 1. The fraction of sp³-hybridized carbons (Fsp3) is 0.579. The molecule has 2 saturated heterocycles. The molecular formula is C19H24N2O. The molecule has 1 aliphatic carbocycles. The first-order valence-corrected chi connectivity index (χ1v) is 8.74. The van der Waals surface area contributed by atoms with Crippen LogP contribution in [0.5, 0.6) is 0 Å². The third-order valence-corrected chi connectivity index (χ3v) is 6.44. The Morgan fingerprint density at radius 2 is 2.14 bits per heavy atom. The number of piperidine rings is 2. The van der Waals surface area contributed by atoms with E-state index in [2.05, 4.69) is 34.1 Å². The van der Waals surface area contributed by atoms with Crippen molar-refractivity contribution in [3.8, 4) is 0 Å². The summed E-state index contributed by atoms with van der Waals surface area (Å²) in [6, 6.07) is 9.27. The molecule has 0 amide bonds. The molecule has 3 aliphatic heterocycles. The highest BCUT2D eigenvalue weighted by atomic mass is 16.3. The van der Waals surface area contributed by atoms with Gasteiger partial charge >= 0.3 is 0 Å². The lowest BCUT2D eigenvalue weighted by Crippen LogP contribution is -2.58. The first-order chi connectivity index (χ1) is 10.7. The molecule has 2 aromatic rings. The van der Waals surface area contributed by atoms with E-state index in [9.17, 15) is 5.11 Å². The van der Waals surface area contributed by atoms with Crippen molar-refractivity contribution in [3.63, 3.8) is 0 Å². The van der Waals surface area contributed by atoms with E-state index in [-0.39, 0.29) is 6.10 Å². The molecule has 3 nitrogen and oxygen atoms in total. The second-order valence-electron chi connectivity index (χ2n) is 7.65. The fourth-order valence-electron chi connectivity index (χ4n) is 5.62. The van der Waals surface area contributed by atoms with Crippen molar-refractivity contribution in [1.29, 1.82) is 0 Å². The van der Waals surface area contributed by atoms with Gasteiger partial charge in [-0.25, -0.2) is 0 Å². The van der Waals surface area contributed by atoms with Gasteiger partial charge in [0.05, 0.1) is 6.10 Å². The molecular weight excluding hydrogens is 272 g/mol. The molecule has 1 aromatic carbocycles. The Morgan fingerprint density at radius 3 is 3.00 bits per heavy atom. The maximum absolute atomic E-state index is 10.3. The Hall–Kier alpha value is -1.32. The molecule has 1 unspecified atom stereocenters. The summed E-state index contributed by atoms with van der Waals surface area (Å²) in [7, 11) is 0. The SMILES string of the molecule is C[C@H](O)[C@H]1C[C@H]2C[C@H]3c4[nH]c5ccccc5c4CCN(C2)[C@@H]13. The topological polar surface area (TPSA) is 39.3 Å². The number of hydrogen-bond acceptors (Lipinski definition) is 2. The Kier molecular flexibility index (Phi) is 2.74. The zero-order valence-corrected chi connectivity index (χ0v) is 13.1. The number of H-pyrrole nitrogens is 1. The van der Waals surface area contributed by atoms with Crippen LogP contribution < -0.4 is 0 Å². The van der Waals surface area contributed by atoms with Gasteiger partial charge in [-0.05, 0) is 43.7 Å². The van der Waals surface area contributed by atoms with E-state index in [0.717, 1.165) is 18.9 Å². The van der Waals surface area contributed by atoms with Gasteiger partial charge in [-0.15, -0.1) is 0 Å². The van der Waals surface area contributed by atoms with Gasteiger partial charge in [0.25, 0.3) is 0 Å². The van der Waals surface area contributed by atoms with Crippen molar-refractivity contribution < 1.29 is 5.11 Å². The van der Waals surface area contributed by atoms with Gasteiger partial charge in [-0.3, -0.25) is 4.90 Å². The molecule has 1 saturated carbocycles. The van der Waals surface area contributed by atoms with Crippen LogP contribution in [0.2, 0.25) is 0 Å². The summed E-state index contributed by atoms with van der Waals surface area (Å²) in [5.74, 6) is 1.78. The van der Waals surface area contributed by atoms with E-state index in [1.54, 1.807) is 5.56 Å². The molecule has 0 spiro atoms. The van der Waals surface area contributed by atoms with Crippen molar-refractivity contribution in [1.82, 2.24) is 9.88 Å². The lowest BCUT2D eigenvalue weighted by atomic mass is 9.64. The van der Waals surface area contributed by atoms with Gasteiger partial charge < -0.3 is 10.1 Å². The lowest BCUT2D eigenvalue weighted by Gasteiger charge is -2.54. The Bertz CT molecular complexity index is 719. The highest BCUT2D eigenvalue weighted by Gasteiger charge is 2.50. The summed E-state index contributed by atoms with van der Waals surface area (Å²) in [5.41, 5.74) is 4.31. The van der Waals surface area contributed by atoms with Gasteiger partial charge in [0.1, 0.15) is 0 Å². The molecule has 116 valence electrons. The first kappa shape index (κ1) is 13.1. The van der Waals surface area contributed by atoms with E-state index in [0.29, 0.717) is 17.9 Å². The maximum Gasteiger partial charge on any atom is 0.0555 e. The van der Waals surface area contributed by atoms with Crippen molar-refractivity contribution in [2.45, 2.75) is 44.2 Å². The number of aliphatic hydroxyl groups excluding tert-OH is 1. The van der Waals surface area contributed by atoms with Crippen molar-refractivity contribution >= 4 is 10.9 Å². The zero-order valence-electron chi connectivity index (χ0n) is 13.1. The molecule has 6 rings (SSSR count). The lowest BCUT2D eigenvalue weighted by molar-refractivity contribution is -0.0580. The average Bonchev–Trinajstić information content (AvgIpc) is 2.86. The van der Waals surface area contributed by atoms with Crippen LogP contribution in [0.25, 0.3) is 10.9 Å². The number of nitrogens with zero attached hydrogens (tertiary/aromatic N) is 1. The Balaban J connectivity index is 1.67. The van der Waals surface area contributed by atoms with Crippen molar-refractivity contribution in [2.24, 2.45) is 11.8 Å². The Morgan fingerprint density at radius 1 is 1.27 bits per heavy atom. The molecule has 1 aromatic heterocycles. The van der Waals surface area contributed by atoms with E-state index < -0.39 is 0 Å². The maximum atomic E-state index is 10.3. The zero-order chi connectivity index (χ0) is 14.8. The van der Waals surface area contributed by atoms with Gasteiger partial charge in [-0.1, -0.05) is 18.2 Å². The number of aliphatic hydroxyl groups is 1. The minimum absolute atomic E-state index is 0.191. The second kappa shape index (κ2) is 4.59. The van der Waals surface area contributed by atoms with Crippen LogP contribution in [0.15, 0.2) is 24.3 Å². The minimum atomic E-state index is -0.191. The monoisotopic (exact) mass is 296 g/mol. The van der Waals surface area contributed by atoms with Crippen LogP contribution in [0.1, 0.15) is 36.9 Å². The number of para-hydroxylation sites is 1. The van der Waals surface area contributed by atoms with E-state index in [4.69, 9.17) is 0 Å². The van der Waals surface area contributed by atoms with Crippen LogP contribution in [0.4, 0.5) is 0 Å². The highest BCUT2D eigenvalue weighted by Crippen LogP contribution is 2.50. The van der Waals surface area contributed by atoms with Crippen LogP contribution in [0, 0.1) is 11.8 Å². The van der Waals surface area contributed by atoms with E-state index >= 15 is 0 Å². The Labute approximate surface area is 131 Å². The summed E-state index contributed by atoms with van der Waals surface area (Å²) in [6.07, 6.45) is 3.46. The predicted molar refractivity (Wildman–Crippen MR) is 88.0 cm³/mol.